The van der Waals surface area contributed by atoms with Gasteiger partial charge in [0.1, 0.15) is 5.82 Å². The lowest BCUT2D eigenvalue weighted by Gasteiger charge is -2.31. The number of hydrogen-bond acceptors (Lipinski definition) is 2. The van der Waals surface area contributed by atoms with E-state index < -0.39 is 0 Å². The first-order valence-corrected chi connectivity index (χ1v) is 17.0. The summed E-state index contributed by atoms with van der Waals surface area (Å²) < 4.78 is 2.46. The third-order valence-corrected chi connectivity index (χ3v) is 9.46. The van der Waals surface area contributed by atoms with Crippen molar-refractivity contribution >= 4 is 16.9 Å². The van der Waals surface area contributed by atoms with Crippen LogP contribution < -0.4 is 0 Å². The minimum Gasteiger partial charge on any atom is -0.339 e. The Hall–Kier alpha value is -1.84. The molecule has 218 valence electrons. The largest absolute Gasteiger partial charge is 0.339 e. The molecule has 1 aliphatic carbocycles. The number of aryl methyl sites for hydroxylation is 1. The van der Waals surface area contributed by atoms with Crippen LogP contribution in [0.4, 0.5) is 0 Å². The lowest BCUT2D eigenvalue weighted by molar-refractivity contribution is -0.130. The summed E-state index contributed by atoms with van der Waals surface area (Å²) in [5.74, 6) is 1.75. The number of unbranched alkanes of at least 4 members (excludes halogenated alkanes) is 15. The van der Waals surface area contributed by atoms with Gasteiger partial charge in [0.15, 0.2) is 0 Å². The average molecular weight is 536 g/mol. The number of likely N-dealkylation sites (tertiary alicyclic amines) is 1. The van der Waals surface area contributed by atoms with E-state index in [0.29, 0.717) is 18.4 Å². The molecule has 4 rings (SSSR count). The van der Waals surface area contributed by atoms with Gasteiger partial charge in [0.25, 0.3) is 0 Å². The summed E-state index contributed by atoms with van der Waals surface area (Å²) in [5.41, 5.74) is 2.34. The van der Waals surface area contributed by atoms with Crippen molar-refractivity contribution in [2.75, 3.05) is 6.54 Å². The van der Waals surface area contributed by atoms with E-state index in [2.05, 4.69) is 40.7 Å². The Morgan fingerprint density at radius 1 is 0.744 bits per heavy atom. The first-order valence-electron chi connectivity index (χ1n) is 17.0. The zero-order chi connectivity index (χ0) is 27.1. The van der Waals surface area contributed by atoms with Crippen LogP contribution in [0.2, 0.25) is 0 Å². The van der Waals surface area contributed by atoms with Gasteiger partial charge in [-0.05, 0) is 31.4 Å². The molecular formula is C35H57N3O. The summed E-state index contributed by atoms with van der Waals surface area (Å²) in [4.78, 5) is 20.3. The van der Waals surface area contributed by atoms with Gasteiger partial charge in [0.2, 0.25) is 5.91 Å². The van der Waals surface area contributed by atoms with E-state index in [0.717, 1.165) is 24.4 Å². The number of imidazole rings is 1. The lowest BCUT2D eigenvalue weighted by Crippen LogP contribution is -2.37. The lowest BCUT2D eigenvalue weighted by atomic mass is 9.94. The van der Waals surface area contributed by atoms with Gasteiger partial charge in [-0.25, -0.2) is 4.98 Å². The average Bonchev–Trinajstić information content (AvgIpc) is 3.53. The summed E-state index contributed by atoms with van der Waals surface area (Å²) in [6.07, 6.45) is 29.3. The van der Waals surface area contributed by atoms with Gasteiger partial charge in [-0.2, -0.15) is 0 Å². The van der Waals surface area contributed by atoms with Gasteiger partial charge in [0, 0.05) is 31.5 Å². The Kier molecular flexibility index (Phi) is 13.2. The topological polar surface area (TPSA) is 38.1 Å². The number of nitrogens with zero attached hydrogens (tertiary/aromatic N) is 3. The number of aromatic nitrogens is 2. The van der Waals surface area contributed by atoms with Crippen molar-refractivity contribution in [2.24, 2.45) is 0 Å². The zero-order valence-electron chi connectivity index (χ0n) is 25.2. The Balaban J connectivity index is 1.13. The van der Waals surface area contributed by atoms with Crippen LogP contribution in [-0.2, 0) is 11.3 Å². The highest BCUT2D eigenvalue weighted by Gasteiger charge is 2.37. The number of rotatable bonds is 19. The molecule has 2 aliphatic rings. The molecule has 1 saturated heterocycles. The maximum absolute atomic E-state index is 13.0. The minimum atomic E-state index is 0.243. The highest BCUT2D eigenvalue weighted by Crippen LogP contribution is 2.34. The van der Waals surface area contributed by atoms with Crippen LogP contribution in [0.1, 0.15) is 160 Å². The molecule has 1 amide bonds. The van der Waals surface area contributed by atoms with Crippen LogP contribution in [0.15, 0.2) is 24.3 Å². The van der Waals surface area contributed by atoms with Crippen LogP contribution in [0.25, 0.3) is 11.0 Å². The van der Waals surface area contributed by atoms with Crippen molar-refractivity contribution in [3.63, 3.8) is 0 Å². The Morgan fingerprint density at radius 3 is 1.92 bits per heavy atom. The number of fused-ring (bicyclic) bond motifs is 1. The second-order valence-electron chi connectivity index (χ2n) is 12.7. The molecule has 2 fully saturated rings. The predicted octanol–water partition coefficient (Wildman–Crippen LogP) is 9.95. The quantitative estimate of drug-likeness (QED) is 0.168. The fourth-order valence-corrected chi connectivity index (χ4v) is 7.11. The predicted molar refractivity (Wildman–Crippen MR) is 165 cm³/mol. The summed E-state index contributed by atoms with van der Waals surface area (Å²) in [7, 11) is 0. The number of carbonyl (C=O) groups is 1. The smallest absolute Gasteiger partial charge is 0.223 e. The van der Waals surface area contributed by atoms with E-state index in [1.807, 2.05) is 0 Å². The second kappa shape index (κ2) is 17.1. The summed E-state index contributed by atoms with van der Waals surface area (Å²) in [5, 5.41) is 0. The van der Waals surface area contributed by atoms with E-state index in [9.17, 15) is 4.79 Å². The zero-order valence-corrected chi connectivity index (χ0v) is 25.2. The molecule has 0 radical (unpaired) electrons. The summed E-state index contributed by atoms with van der Waals surface area (Å²) in [6.45, 7) is 4.19. The minimum absolute atomic E-state index is 0.243. The van der Waals surface area contributed by atoms with Gasteiger partial charge < -0.3 is 9.47 Å². The fraction of sp³-hybridized carbons (Fsp3) is 0.771. The molecule has 4 nitrogen and oxygen atoms in total. The van der Waals surface area contributed by atoms with Gasteiger partial charge in [-0.15, -0.1) is 0 Å². The molecule has 0 bridgehead atoms. The molecule has 1 unspecified atom stereocenters. The number of para-hydroxylation sites is 2. The molecule has 39 heavy (non-hydrogen) atoms. The number of benzene rings is 1. The van der Waals surface area contributed by atoms with E-state index in [1.54, 1.807) is 0 Å². The van der Waals surface area contributed by atoms with Gasteiger partial charge in [0.05, 0.1) is 11.0 Å². The van der Waals surface area contributed by atoms with E-state index in [1.165, 1.54) is 140 Å². The highest BCUT2D eigenvalue weighted by atomic mass is 16.2. The molecule has 1 aromatic carbocycles. The third kappa shape index (κ3) is 9.35. The van der Waals surface area contributed by atoms with Gasteiger partial charge >= 0.3 is 0 Å². The van der Waals surface area contributed by atoms with Crippen molar-refractivity contribution < 1.29 is 4.79 Å². The summed E-state index contributed by atoms with van der Waals surface area (Å²) in [6, 6.07) is 9.04. The molecular weight excluding hydrogens is 478 g/mol. The Morgan fingerprint density at radius 2 is 1.31 bits per heavy atom. The Labute approximate surface area is 239 Å². The summed E-state index contributed by atoms with van der Waals surface area (Å²) >= 11 is 0. The molecule has 4 heteroatoms. The van der Waals surface area contributed by atoms with Crippen molar-refractivity contribution in [2.45, 2.75) is 167 Å². The van der Waals surface area contributed by atoms with Crippen molar-refractivity contribution in [3.8, 4) is 0 Å². The van der Waals surface area contributed by atoms with E-state index >= 15 is 0 Å². The monoisotopic (exact) mass is 535 g/mol. The maximum Gasteiger partial charge on any atom is 0.223 e. The van der Waals surface area contributed by atoms with Crippen molar-refractivity contribution in [1.82, 2.24) is 14.5 Å². The first kappa shape index (κ1) is 30.1. The van der Waals surface area contributed by atoms with E-state index in [-0.39, 0.29) is 5.92 Å². The fourth-order valence-electron chi connectivity index (χ4n) is 7.11. The van der Waals surface area contributed by atoms with Gasteiger partial charge in [-0.3, -0.25) is 4.79 Å². The van der Waals surface area contributed by atoms with Crippen LogP contribution in [-0.4, -0.2) is 32.9 Å². The SMILES string of the molecule is CCCCCCCCCCCCCCCCCCn1c(C2CC(=O)N(C3CCCCC3)C2)nc2ccccc21. The van der Waals surface area contributed by atoms with Crippen LogP contribution >= 0.6 is 0 Å². The molecule has 0 spiro atoms. The molecule has 2 heterocycles. The molecule has 1 saturated carbocycles. The van der Waals surface area contributed by atoms with Crippen LogP contribution in [0.3, 0.4) is 0 Å². The van der Waals surface area contributed by atoms with Crippen molar-refractivity contribution in [1.29, 1.82) is 0 Å². The van der Waals surface area contributed by atoms with E-state index in [4.69, 9.17) is 4.98 Å². The molecule has 1 aliphatic heterocycles. The molecule has 1 atom stereocenters. The van der Waals surface area contributed by atoms with Crippen LogP contribution in [0, 0.1) is 0 Å². The Bertz CT molecular complexity index is 960. The first-order chi connectivity index (χ1) is 19.3. The van der Waals surface area contributed by atoms with Gasteiger partial charge in [-0.1, -0.05) is 135 Å². The standard InChI is InChI=1S/C35H57N3O/c1-2-3-4-5-6-7-8-9-10-11-12-13-14-15-16-22-27-37-33-26-21-20-25-32(33)36-35(37)30-28-34(39)38(29-30)31-23-18-17-19-24-31/h20-21,25-26,30-31H,2-19,22-24,27-29H2,1H3. The highest BCUT2D eigenvalue weighted by molar-refractivity contribution is 5.81. The number of amides is 1. The normalized spacial score (nSPS) is 18.5. The number of hydrogen-bond donors (Lipinski definition) is 0. The number of carbonyl (C=O) groups excluding carboxylic acids is 1. The molecule has 1 aromatic heterocycles. The molecule has 2 aromatic rings. The molecule has 0 N–H and O–H groups in total. The maximum atomic E-state index is 13.0. The van der Waals surface area contributed by atoms with Crippen LogP contribution in [0.5, 0.6) is 0 Å². The van der Waals surface area contributed by atoms with Crippen molar-refractivity contribution in [3.05, 3.63) is 30.1 Å². The second-order valence-corrected chi connectivity index (χ2v) is 12.7. The third-order valence-electron chi connectivity index (χ3n) is 9.46.